The van der Waals surface area contributed by atoms with Gasteiger partial charge in [0.05, 0.1) is 5.41 Å². The van der Waals surface area contributed by atoms with E-state index in [0.717, 1.165) is 0 Å². The summed E-state index contributed by atoms with van der Waals surface area (Å²) in [5.41, 5.74) is 6.01. The summed E-state index contributed by atoms with van der Waals surface area (Å²) < 4.78 is 5.19. The topological polar surface area (TPSA) is 85.2 Å². The zero-order chi connectivity index (χ0) is 12.5. The molecule has 0 aliphatic rings. The minimum atomic E-state index is -0.345. The second kappa shape index (κ2) is 4.18. The second-order valence-corrected chi connectivity index (χ2v) is 4.56. The molecule has 1 aromatic heterocycles. The molecule has 90 valence electrons. The van der Waals surface area contributed by atoms with E-state index in [1.807, 2.05) is 19.9 Å². The number of nitrogens with zero attached hydrogens (tertiary/aromatic N) is 2. The Morgan fingerprint density at radius 1 is 1.41 bits per heavy atom. The second-order valence-electron chi connectivity index (χ2n) is 4.56. The van der Waals surface area contributed by atoms with Gasteiger partial charge >= 0.3 is 0 Å². The Hall–Kier alpha value is -1.88. The average molecular weight is 233 g/mol. The molecule has 0 saturated heterocycles. The Morgan fingerprint density at radius 2 is 2.18 bits per heavy atom. The van der Waals surface area contributed by atoms with E-state index < -0.39 is 0 Å². The van der Waals surface area contributed by atoms with Gasteiger partial charge in [-0.25, -0.2) is 0 Å². The standard InChI is InChI=1S/C12H15N3O2/c1-12(2,7-13)11-14-10(15-17-11)8-4-3-5-9(16)6-8/h3-6,16H,7,13H2,1-2H3. The van der Waals surface area contributed by atoms with Gasteiger partial charge in [-0.2, -0.15) is 4.98 Å². The van der Waals surface area contributed by atoms with Crippen LogP contribution in [0.4, 0.5) is 0 Å². The Morgan fingerprint density at radius 3 is 2.82 bits per heavy atom. The van der Waals surface area contributed by atoms with Crippen LogP contribution in [0.25, 0.3) is 11.4 Å². The fourth-order valence-corrected chi connectivity index (χ4v) is 1.35. The quantitative estimate of drug-likeness (QED) is 0.842. The highest BCUT2D eigenvalue weighted by molar-refractivity contribution is 5.56. The van der Waals surface area contributed by atoms with E-state index in [1.54, 1.807) is 18.2 Å². The number of nitrogens with two attached hydrogens (primary N) is 1. The molecule has 1 aromatic carbocycles. The summed E-state index contributed by atoms with van der Waals surface area (Å²) in [7, 11) is 0. The van der Waals surface area contributed by atoms with E-state index in [9.17, 15) is 5.11 Å². The molecule has 5 heteroatoms. The van der Waals surface area contributed by atoms with E-state index in [2.05, 4.69) is 10.1 Å². The highest BCUT2D eigenvalue weighted by Crippen LogP contribution is 2.25. The monoisotopic (exact) mass is 233 g/mol. The molecule has 0 fully saturated rings. The van der Waals surface area contributed by atoms with E-state index in [1.165, 1.54) is 0 Å². The van der Waals surface area contributed by atoms with E-state index >= 15 is 0 Å². The third kappa shape index (κ3) is 2.29. The first kappa shape index (κ1) is 11.6. The van der Waals surface area contributed by atoms with Crippen molar-refractivity contribution in [3.8, 4) is 17.1 Å². The molecular formula is C12H15N3O2. The van der Waals surface area contributed by atoms with Crippen LogP contribution in [0.2, 0.25) is 0 Å². The van der Waals surface area contributed by atoms with Gasteiger partial charge in [-0.3, -0.25) is 0 Å². The summed E-state index contributed by atoms with van der Waals surface area (Å²) in [4.78, 5) is 4.30. The SMILES string of the molecule is CC(C)(CN)c1nc(-c2cccc(O)c2)no1. The third-order valence-electron chi connectivity index (χ3n) is 2.62. The van der Waals surface area contributed by atoms with Gasteiger partial charge in [-0.1, -0.05) is 17.3 Å². The summed E-state index contributed by atoms with van der Waals surface area (Å²) >= 11 is 0. The smallest absolute Gasteiger partial charge is 0.233 e. The van der Waals surface area contributed by atoms with Crippen LogP contribution in [-0.2, 0) is 5.41 Å². The van der Waals surface area contributed by atoms with Crippen LogP contribution < -0.4 is 5.73 Å². The number of hydrogen-bond acceptors (Lipinski definition) is 5. The highest BCUT2D eigenvalue weighted by Gasteiger charge is 2.26. The minimum absolute atomic E-state index is 0.173. The van der Waals surface area contributed by atoms with Crippen LogP contribution in [0.5, 0.6) is 5.75 Å². The number of rotatable bonds is 3. The van der Waals surface area contributed by atoms with Crippen LogP contribution in [0, 0.1) is 0 Å². The summed E-state index contributed by atoms with van der Waals surface area (Å²) in [5.74, 6) is 1.13. The van der Waals surface area contributed by atoms with E-state index in [-0.39, 0.29) is 11.2 Å². The third-order valence-corrected chi connectivity index (χ3v) is 2.62. The molecule has 0 aliphatic heterocycles. The van der Waals surface area contributed by atoms with Crippen molar-refractivity contribution in [2.75, 3.05) is 6.54 Å². The first-order chi connectivity index (χ1) is 8.03. The summed E-state index contributed by atoms with van der Waals surface area (Å²) in [6.07, 6.45) is 0. The van der Waals surface area contributed by atoms with Crippen molar-refractivity contribution in [3.05, 3.63) is 30.2 Å². The fourth-order valence-electron chi connectivity index (χ4n) is 1.35. The molecule has 17 heavy (non-hydrogen) atoms. The lowest BCUT2D eigenvalue weighted by atomic mass is 9.94. The number of phenols is 1. The molecule has 5 nitrogen and oxygen atoms in total. The van der Waals surface area contributed by atoms with Gasteiger partial charge in [0.1, 0.15) is 5.75 Å². The van der Waals surface area contributed by atoms with Gasteiger partial charge < -0.3 is 15.4 Å². The van der Waals surface area contributed by atoms with Crippen LogP contribution in [0.1, 0.15) is 19.7 Å². The van der Waals surface area contributed by atoms with Crippen molar-refractivity contribution in [2.24, 2.45) is 5.73 Å². The lowest BCUT2D eigenvalue weighted by molar-refractivity contribution is 0.311. The van der Waals surface area contributed by atoms with Crippen molar-refractivity contribution in [1.82, 2.24) is 10.1 Å². The molecule has 0 saturated carbocycles. The molecule has 2 rings (SSSR count). The van der Waals surface area contributed by atoms with Crippen molar-refractivity contribution >= 4 is 0 Å². The zero-order valence-electron chi connectivity index (χ0n) is 9.84. The molecule has 0 spiro atoms. The maximum Gasteiger partial charge on any atom is 0.233 e. The maximum absolute atomic E-state index is 9.38. The van der Waals surface area contributed by atoms with E-state index in [4.69, 9.17) is 10.3 Å². The maximum atomic E-state index is 9.38. The Balaban J connectivity index is 2.36. The summed E-state index contributed by atoms with van der Waals surface area (Å²) in [6, 6.07) is 6.72. The summed E-state index contributed by atoms with van der Waals surface area (Å²) in [6.45, 7) is 4.30. The molecule has 0 amide bonds. The number of hydrogen-bond donors (Lipinski definition) is 2. The van der Waals surface area contributed by atoms with Crippen LogP contribution >= 0.6 is 0 Å². The number of aromatic hydroxyl groups is 1. The lowest BCUT2D eigenvalue weighted by Gasteiger charge is -2.15. The predicted octanol–water partition coefficient (Wildman–Crippen LogP) is 1.68. The Kier molecular flexibility index (Phi) is 2.85. The van der Waals surface area contributed by atoms with Gasteiger partial charge in [0.2, 0.25) is 11.7 Å². The molecule has 2 aromatic rings. The van der Waals surface area contributed by atoms with Gasteiger partial charge in [0.25, 0.3) is 0 Å². The largest absolute Gasteiger partial charge is 0.508 e. The van der Waals surface area contributed by atoms with Gasteiger partial charge in [-0.15, -0.1) is 0 Å². The predicted molar refractivity (Wildman–Crippen MR) is 63.5 cm³/mol. The zero-order valence-corrected chi connectivity index (χ0v) is 9.84. The van der Waals surface area contributed by atoms with Gasteiger partial charge in [0, 0.05) is 12.1 Å². The minimum Gasteiger partial charge on any atom is -0.508 e. The van der Waals surface area contributed by atoms with E-state index in [0.29, 0.717) is 23.8 Å². The number of aromatic nitrogens is 2. The molecular weight excluding hydrogens is 218 g/mol. The molecule has 1 heterocycles. The van der Waals surface area contributed by atoms with Gasteiger partial charge in [0.15, 0.2) is 0 Å². The Bertz CT molecular complexity index is 520. The molecule has 0 aliphatic carbocycles. The van der Waals surface area contributed by atoms with Crippen LogP contribution in [-0.4, -0.2) is 21.8 Å². The molecule has 0 unspecified atom stereocenters. The lowest BCUT2D eigenvalue weighted by Crippen LogP contribution is -2.28. The highest BCUT2D eigenvalue weighted by atomic mass is 16.5. The molecule has 0 atom stereocenters. The first-order valence-electron chi connectivity index (χ1n) is 5.36. The molecule has 0 radical (unpaired) electrons. The fraction of sp³-hybridized carbons (Fsp3) is 0.333. The number of phenolic OH excluding ortho intramolecular Hbond substituents is 1. The first-order valence-corrected chi connectivity index (χ1v) is 5.36. The van der Waals surface area contributed by atoms with Crippen LogP contribution in [0.15, 0.2) is 28.8 Å². The molecule has 0 bridgehead atoms. The number of benzene rings is 1. The van der Waals surface area contributed by atoms with Crippen molar-refractivity contribution in [1.29, 1.82) is 0 Å². The van der Waals surface area contributed by atoms with Crippen LogP contribution in [0.3, 0.4) is 0 Å². The van der Waals surface area contributed by atoms with Crippen molar-refractivity contribution in [3.63, 3.8) is 0 Å². The normalized spacial score (nSPS) is 11.7. The Labute approximate surface area is 99.3 Å². The molecule has 3 N–H and O–H groups in total. The summed E-state index contributed by atoms with van der Waals surface area (Å²) in [5, 5.41) is 13.3. The van der Waals surface area contributed by atoms with Crippen molar-refractivity contribution < 1.29 is 9.63 Å². The average Bonchev–Trinajstić information content (AvgIpc) is 2.79. The van der Waals surface area contributed by atoms with Crippen molar-refractivity contribution in [2.45, 2.75) is 19.3 Å². The van der Waals surface area contributed by atoms with Gasteiger partial charge in [-0.05, 0) is 26.0 Å².